The van der Waals surface area contributed by atoms with Gasteiger partial charge in [0.2, 0.25) is 0 Å². The molecule has 0 spiro atoms. The van der Waals surface area contributed by atoms with Crippen LogP contribution in [0.25, 0.3) is 0 Å². The van der Waals surface area contributed by atoms with Crippen LogP contribution in [0.2, 0.25) is 0 Å². The normalized spacial score (nSPS) is 10.5. The zero-order chi connectivity index (χ0) is 32.0. The molecule has 0 fully saturated rings. The minimum Gasteiger partial charge on any atom is -0.494 e. The number of ether oxygens (including phenoxy) is 6. The van der Waals surface area contributed by atoms with Gasteiger partial charge in [-0.25, -0.2) is 14.4 Å². The van der Waals surface area contributed by atoms with E-state index in [1.807, 2.05) is 20.8 Å². The number of esters is 3. The fourth-order valence-electron chi connectivity index (χ4n) is 3.95. The Labute approximate surface area is 262 Å². The zero-order valence-electron chi connectivity index (χ0n) is 25.6. The number of rotatable bonds is 15. The summed E-state index contributed by atoms with van der Waals surface area (Å²) in [6.45, 7) is 7.70. The predicted octanol–water partition coefficient (Wildman–Crippen LogP) is 7.71. The first-order valence-corrected chi connectivity index (χ1v) is 14.9. The van der Waals surface area contributed by atoms with Gasteiger partial charge >= 0.3 is 17.9 Å². The van der Waals surface area contributed by atoms with Crippen molar-refractivity contribution >= 4 is 17.9 Å². The summed E-state index contributed by atoms with van der Waals surface area (Å²) < 4.78 is 33.3. The summed E-state index contributed by atoms with van der Waals surface area (Å²) in [5.41, 5.74) is -0.141. The average molecular weight is 613 g/mol. The van der Waals surface area contributed by atoms with Gasteiger partial charge in [-0.15, -0.1) is 0 Å². The molecule has 0 aromatic heterocycles. The van der Waals surface area contributed by atoms with Gasteiger partial charge in [0.05, 0.1) is 36.5 Å². The maximum absolute atomic E-state index is 13.2. The molecule has 0 N–H and O–H groups in total. The van der Waals surface area contributed by atoms with Gasteiger partial charge in [-0.3, -0.25) is 0 Å². The van der Waals surface area contributed by atoms with Crippen LogP contribution < -0.4 is 28.4 Å². The quantitative estimate of drug-likeness (QED) is 0.0985. The Morgan fingerprint density at radius 3 is 0.844 bits per heavy atom. The van der Waals surface area contributed by atoms with Crippen LogP contribution in [0, 0.1) is 0 Å². The van der Waals surface area contributed by atoms with Crippen LogP contribution in [0.3, 0.4) is 0 Å². The van der Waals surface area contributed by atoms with Crippen molar-refractivity contribution in [3.63, 3.8) is 0 Å². The molecular formula is C36H36O9. The second kappa shape index (κ2) is 16.5. The molecule has 0 saturated heterocycles. The number of hydrogen-bond donors (Lipinski definition) is 0. The lowest BCUT2D eigenvalue weighted by atomic mass is 10.1. The van der Waals surface area contributed by atoms with Crippen molar-refractivity contribution in [2.45, 2.75) is 40.0 Å². The Morgan fingerprint density at radius 2 is 0.622 bits per heavy atom. The van der Waals surface area contributed by atoms with Crippen LogP contribution in [0.5, 0.6) is 34.5 Å². The SMILES string of the molecule is CCCOc1ccc(OC(=O)c2cc(C(=O)Oc3ccc(OCCC)cc3)cc(C(=O)Oc3ccc(OCCC)cc3)c2)cc1. The molecule has 4 rings (SSSR count). The molecule has 0 unspecified atom stereocenters. The molecule has 234 valence electrons. The van der Waals surface area contributed by atoms with E-state index in [2.05, 4.69) is 0 Å². The van der Waals surface area contributed by atoms with E-state index in [4.69, 9.17) is 28.4 Å². The standard InChI is InChI=1S/C36H36O9/c1-4-19-40-28-7-13-31(14-8-28)43-34(37)25-22-26(35(38)44-32-15-9-29(10-16-32)41-20-5-2)24-27(23-25)36(39)45-33-17-11-30(12-18-33)42-21-6-3/h7-18,22-24H,4-6,19-21H2,1-3H3. The van der Waals surface area contributed by atoms with Crippen LogP contribution in [0.1, 0.15) is 71.1 Å². The summed E-state index contributed by atoms with van der Waals surface area (Å²) in [5.74, 6) is 0.358. The third-order valence-corrected chi connectivity index (χ3v) is 6.16. The molecule has 4 aromatic carbocycles. The Bertz CT molecular complexity index is 1360. The minimum absolute atomic E-state index is 0.0469. The largest absolute Gasteiger partial charge is 0.494 e. The molecule has 4 aromatic rings. The van der Waals surface area contributed by atoms with E-state index in [1.54, 1.807) is 72.8 Å². The molecule has 45 heavy (non-hydrogen) atoms. The van der Waals surface area contributed by atoms with Crippen molar-refractivity contribution in [1.82, 2.24) is 0 Å². The maximum Gasteiger partial charge on any atom is 0.343 e. The van der Waals surface area contributed by atoms with Gasteiger partial charge < -0.3 is 28.4 Å². The Morgan fingerprint density at radius 1 is 0.400 bits per heavy atom. The highest BCUT2D eigenvalue weighted by atomic mass is 16.5. The van der Waals surface area contributed by atoms with Crippen molar-refractivity contribution in [2.24, 2.45) is 0 Å². The molecule has 0 saturated carbocycles. The fraction of sp³-hybridized carbons (Fsp3) is 0.250. The van der Waals surface area contributed by atoms with Gasteiger partial charge in [0.15, 0.2) is 0 Å². The van der Waals surface area contributed by atoms with Gasteiger partial charge in [-0.1, -0.05) is 20.8 Å². The predicted molar refractivity (Wildman–Crippen MR) is 168 cm³/mol. The highest BCUT2D eigenvalue weighted by Crippen LogP contribution is 2.24. The molecular weight excluding hydrogens is 576 g/mol. The second-order valence-corrected chi connectivity index (χ2v) is 9.93. The Hall–Kier alpha value is -5.31. The van der Waals surface area contributed by atoms with Gasteiger partial charge in [0.25, 0.3) is 0 Å². The van der Waals surface area contributed by atoms with Gasteiger partial charge in [0, 0.05) is 0 Å². The van der Waals surface area contributed by atoms with E-state index < -0.39 is 17.9 Å². The molecule has 0 amide bonds. The molecule has 9 heteroatoms. The lowest BCUT2D eigenvalue weighted by Gasteiger charge is -2.11. The summed E-state index contributed by atoms with van der Waals surface area (Å²) in [4.78, 5) is 39.6. The van der Waals surface area contributed by atoms with Gasteiger partial charge in [0.1, 0.15) is 34.5 Å². The van der Waals surface area contributed by atoms with Crippen molar-refractivity contribution in [2.75, 3.05) is 19.8 Å². The van der Waals surface area contributed by atoms with E-state index in [9.17, 15) is 14.4 Å². The first-order chi connectivity index (χ1) is 21.9. The monoisotopic (exact) mass is 612 g/mol. The van der Waals surface area contributed by atoms with Crippen molar-refractivity contribution in [3.05, 3.63) is 108 Å². The van der Waals surface area contributed by atoms with E-state index in [0.717, 1.165) is 19.3 Å². The smallest absolute Gasteiger partial charge is 0.343 e. The first kappa shape index (κ1) is 32.6. The third kappa shape index (κ3) is 9.86. The molecule has 9 nitrogen and oxygen atoms in total. The van der Waals surface area contributed by atoms with Crippen LogP contribution in [-0.4, -0.2) is 37.7 Å². The van der Waals surface area contributed by atoms with Crippen molar-refractivity contribution < 1.29 is 42.8 Å². The Balaban J connectivity index is 1.56. The molecule has 0 atom stereocenters. The van der Waals surface area contributed by atoms with Crippen LogP contribution in [0.4, 0.5) is 0 Å². The fourth-order valence-corrected chi connectivity index (χ4v) is 3.95. The molecule has 0 bridgehead atoms. The van der Waals surface area contributed by atoms with Crippen LogP contribution >= 0.6 is 0 Å². The minimum atomic E-state index is -0.782. The van der Waals surface area contributed by atoms with E-state index in [1.165, 1.54) is 18.2 Å². The number of hydrogen-bond acceptors (Lipinski definition) is 9. The maximum atomic E-state index is 13.2. The summed E-state index contributed by atoms with van der Waals surface area (Å²) in [6.07, 6.45) is 2.58. The summed E-state index contributed by atoms with van der Waals surface area (Å²) in [7, 11) is 0. The lowest BCUT2D eigenvalue weighted by Crippen LogP contribution is -2.16. The highest BCUT2D eigenvalue weighted by Gasteiger charge is 2.20. The van der Waals surface area contributed by atoms with Crippen molar-refractivity contribution in [1.29, 1.82) is 0 Å². The molecule has 0 heterocycles. The van der Waals surface area contributed by atoms with Crippen molar-refractivity contribution in [3.8, 4) is 34.5 Å². The third-order valence-electron chi connectivity index (χ3n) is 6.16. The summed E-state index contributed by atoms with van der Waals surface area (Å²) >= 11 is 0. The number of carbonyl (C=O) groups is 3. The lowest BCUT2D eigenvalue weighted by molar-refractivity contribution is 0.0734. The highest BCUT2D eigenvalue weighted by molar-refractivity contribution is 6.01. The van der Waals surface area contributed by atoms with E-state index in [0.29, 0.717) is 37.1 Å². The number of carbonyl (C=O) groups excluding carboxylic acids is 3. The Kier molecular flexibility index (Phi) is 12.0. The summed E-state index contributed by atoms with van der Waals surface area (Å²) in [5, 5.41) is 0. The molecule has 0 aliphatic heterocycles. The number of benzene rings is 4. The summed E-state index contributed by atoms with van der Waals surface area (Å²) in [6, 6.07) is 23.6. The van der Waals surface area contributed by atoms with Gasteiger partial charge in [-0.2, -0.15) is 0 Å². The topological polar surface area (TPSA) is 107 Å². The van der Waals surface area contributed by atoms with Crippen LogP contribution in [-0.2, 0) is 0 Å². The van der Waals surface area contributed by atoms with Gasteiger partial charge in [-0.05, 0) is 110 Å². The molecule has 0 radical (unpaired) electrons. The average Bonchev–Trinajstić information content (AvgIpc) is 3.07. The molecule has 0 aliphatic rings. The van der Waals surface area contributed by atoms with E-state index >= 15 is 0 Å². The van der Waals surface area contributed by atoms with E-state index in [-0.39, 0.29) is 33.9 Å². The zero-order valence-corrected chi connectivity index (χ0v) is 25.6. The molecule has 0 aliphatic carbocycles. The first-order valence-electron chi connectivity index (χ1n) is 14.9. The second-order valence-electron chi connectivity index (χ2n) is 9.93. The van der Waals surface area contributed by atoms with Crippen LogP contribution in [0.15, 0.2) is 91.0 Å².